The molecule has 0 aliphatic carbocycles. The van der Waals surface area contributed by atoms with Gasteiger partial charge in [-0.1, -0.05) is 20.8 Å². The SMILES string of the molecule is CC(N(C)C(=O)NCC(F)(F)F)C(C)(C)C. The van der Waals surface area contributed by atoms with Crippen LogP contribution in [0.2, 0.25) is 0 Å². The van der Waals surface area contributed by atoms with Crippen LogP contribution in [0.1, 0.15) is 27.7 Å². The summed E-state index contributed by atoms with van der Waals surface area (Å²) in [5.41, 5.74) is -0.176. The van der Waals surface area contributed by atoms with E-state index in [2.05, 4.69) is 0 Å². The van der Waals surface area contributed by atoms with Gasteiger partial charge in [0.05, 0.1) is 0 Å². The average molecular weight is 240 g/mol. The van der Waals surface area contributed by atoms with E-state index in [0.717, 1.165) is 0 Å². The van der Waals surface area contributed by atoms with Crippen LogP contribution in [-0.2, 0) is 0 Å². The van der Waals surface area contributed by atoms with E-state index in [1.807, 2.05) is 26.1 Å². The fraction of sp³-hybridized carbons (Fsp3) is 0.900. The standard InChI is InChI=1S/C10H19F3N2O/c1-7(9(2,3)4)15(5)8(16)14-6-10(11,12)13/h7H,6H2,1-5H3,(H,14,16). The van der Waals surface area contributed by atoms with E-state index in [9.17, 15) is 18.0 Å². The summed E-state index contributed by atoms with van der Waals surface area (Å²) < 4.78 is 35.6. The van der Waals surface area contributed by atoms with Crippen molar-refractivity contribution in [1.82, 2.24) is 10.2 Å². The van der Waals surface area contributed by atoms with Crippen molar-refractivity contribution in [2.75, 3.05) is 13.6 Å². The van der Waals surface area contributed by atoms with Crippen molar-refractivity contribution in [2.45, 2.75) is 39.9 Å². The number of amides is 2. The normalized spacial score (nSPS) is 14.5. The van der Waals surface area contributed by atoms with Gasteiger partial charge in [-0.3, -0.25) is 0 Å². The summed E-state index contributed by atoms with van der Waals surface area (Å²) in [6.07, 6.45) is -4.37. The molecule has 2 amide bonds. The van der Waals surface area contributed by atoms with Crippen LogP contribution in [0.3, 0.4) is 0 Å². The Kier molecular flexibility index (Phi) is 4.64. The number of nitrogens with zero attached hydrogens (tertiary/aromatic N) is 1. The van der Waals surface area contributed by atoms with Crippen LogP contribution in [0.15, 0.2) is 0 Å². The third-order valence-corrected chi connectivity index (χ3v) is 2.59. The second-order valence-electron chi connectivity index (χ2n) is 4.93. The van der Waals surface area contributed by atoms with Gasteiger partial charge >= 0.3 is 12.2 Å². The molecule has 3 nitrogen and oxygen atoms in total. The van der Waals surface area contributed by atoms with E-state index in [1.165, 1.54) is 11.9 Å². The molecule has 1 atom stereocenters. The maximum absolute atomic E-state index is 11.9. The van der Waals surface area contributed by atoms with Crippen molar-refractivity contribution in [2.24, 2.45) is 5.41 Å². The number of hydrogen-bond donors (Lipinski definition) is 1. The van der Waals surface area contributed by atoms with Gasteiger partial charge in [-0.15, -0.1) is 0 Å². The fourth-order valence-electron chi connectivity index (χ4n) is 1.06. The second kappa shape index (κ2) is 4.93. The predicted octanol–water partition coefficient (Wildman–Crippen LogP) is 2.62. The number of nitrogens with one attached hydrogen (secondary N) is 1. The van der Waals surface area contributed by atoms with Gasteiger partial charge in [0, 0.05) is 13.1 Å². The lowest BCUT2D eigenvalue weighted by atomic mass is 9.87. The average Bonchev–Trinajstić information content (AvgIpc) is 2.09. The molecule has 96 valence electrons. The van der Waals surface area contributed by atoms with E-state index >= 15 is 0 Å². The van der Waals surface area contributed by atoms with Crippen LogP contribution in [0.25, 0.3) is 0 Å². The maximum atomic E-state index is 11.9. The molecule has 0 aromatic carbocycles. The van der Waals surface area contributed by atoms with Crippen molar-refractivity contribution in [1.29, 1.82) is 0 Å². The van der Waals surface area contributed by atoms with Crippen LogP contribution in [-0.4, -0.2) is 36.7 Å². The van der Waals surface area contributed by atoms with E-state index in [1.54, 1.807) is 6.92 Å². The van der Waals surface area contributed by atoms with Crippen LogP contribution in [0, 0.1) is 5.41 Å². The lowest BCUT2D eigenvalue weighted by Crippen LogP contribution is -2.49. The number of alkyl halides is 3. The van der Waals surface area contributed by atoms with Crippen LogP contribution >= 0.6 is 0 Å². The molecule has 0 radical (unpaired) electrons. The van der Waals surface area contributed by atoms with Crippen molar-refractivity contribution in [3.63, 3.8) is 0 Å². The van der Waals surface area contributed by atoms with Gasteiger partial charge in [0.15, 0.2) is 0 Å². The Hall–Kier alpha value is -0.940. The van der Waals surface area contributed by atoms with Gasteiger partial charge in [-0.2, -0.15) is 13.2 Å². The van der Waals surface area contributed by atoms with E-state index in [0.29, 0.717) is 0 Å². The maximum Gasteiger partial charge on any atom is 0.405 e. The number of halogens is 3. The predicted molar refractivity (Wildman–Crippen MR) is 56.1 cm³/mol. The fourth-order valence-corrected chi connectivity index (χ4v) is 1.06. The summed E-state index contributed by atoms with van der Waals surface area (Å²) in [6.45, 7) is 6.27. The Morgan fingerprint density at radius 3 is 2.06 bits per heavy atom. The summed E-state index contributed by atoms with van der Waals surface area (Å²) in [4.78, 5) is 12.7. The van der Waals surface area contributed by atoms with E-state index in [-0.39, 0.29) is 11.5 Å². The highest BCUT2D eigenvalue weighted by molar-refractivity contribution is 5.74. The molecule has 0 aliphatic rings. The first-order chi connectivity index (χ1) is 6.95. The Bertz CT molecular complexity index is 245. The van der Waals surface area contributed by atoms with Crippen LogP contribution in [0.4, 0.5) is 18.0 Å². The molecule has 0 rings (SSSR count). The smallest absolute Gasteiger partial charge is 0.329 e. The monoisotopic (exact) mass is 240 g/mol. The molecule has 1 N–H and O–H groups in total. The van der Waals surface area contributed by atoms with Crippen LogP contribution < -0.4 is 5.32 Å². The lowest BCUT2D eigenvalue weighted by Gasteiger charge is -2.35. The first-order valence-corrected chi connectivity index (χ1v) is 5.02. The summed E-state index contributed by atoms with van der Waals surface area (Å²) in [5, 5.41) is 1.84. The molecule has 0 fully saturated rings. The number of rotatable bonds is 2. The Balaban J connectivity index is 4.30. The van der Waals surface area contributed by atoms with Gasteiger partial charge < -0.3 is 10.2 Å². The largest absolute Gasteiger partial charge is 0.405 e. The number of hydrogen-bond acceptors (Lipinski definition) is 1. The Labute approximate surface area is 94.0 Å². The number of carbonyl (C=O) groups is 1. The molecule has 1 unspecified atom stereocenters. The molecule has 0 saturated carbocycles. The minimum atomic E-state index is -4.37. The highest BCUT2D eigenvalue weighted by Gasteiger charge is 2.31. The van der Waals surface area contributed by atoms with Gasteiger partial charge in [0.2, 0.25) is 0 Å². The molecule has 0 heterocycles. The van der Waals surface area contributed by atoms with E-state index in [4.69, 9.17) is 0 Å². The molecular formula is C10H19F3N2O. The van der Waals surface area contributed by atoms with Crippen molar-refractivity contribution in [3.8, 4) is 0 Å². The van der Waals surface area contributed by atoms with Crippen molar-refractivity contribution < 1.29 is 18.0 Å². The van der Waals surface area contributed by atoms with Gasteiger partial charge in [0.25, 0.3) is 0 Å². The highest BCUT2D eigenvalue weighted by atomic mass is 19.4. The van der Waals surface area contributed by atoms with Gasteiger partial charge in [0.1, 0.15) is 6.54 Å². The molecular weight excluding hydrogens is 221 g/mol. The summed E-state index contributed by atoms with van der Waals surface area (Å²) in [5.74, 6) is 0. The van der Waals surface area contributed by atoms with Gasteiger partial charge in [-0.25, -0.2) is 4.79 Å². The van der Waals surface area contributed by atoms with Crippen molar-refractivity contribution in [3.05, 3.63) is 0 Å². The molecule has 0 bridgehead atoms. The second-order valence-corrected chi connectivity index (χ2v) is 4.93. The molecule has 6 heteroatoms. The summed E-state index contributed by atoms with van der Waals surface area (Å²) in [6, 6.07) is -0.861. The first-order valence-electron chi connectivity index (χ1n) is 5.02. The zero-order valence-electron chi connectivity index (χ0n) is 10.3. The molecule has 0 spiro atoms. The summed E-state index contributed by atoms with van der Waals surface area (Å²) >= 11 is 0. The lowest BCUT2D eigenvalue weighted by molar-refractivity contribution is -0.123. The van der Waals surface area contributed by atoms with Gasteiger partial charge in [-0.05, 0) is 12.3 Å². The topological polar surface area (TPSA) is 32.3 Å². The first kappa shape index (κ1) is 15.1. The van der Waals surface area contributed by atoms with Crippen LogP contribution in [0.5, 0.6) is 0 Å². The highest BCUT2D eigenvalue weighted by Crippen LogP contribution is 2.23. The third kappa shape index (κ3) is 5.23. The third-order valence-electron chi connectivity index (χ3n) is 2.59. The van der Waals surface area contributed by atoms with Crippen molar-refractivity contribution >= 4 is 6.03 Å². The molecule has 0 aromatic heterocycles. The molecule has 0 saturated heterocycles. The summed E-state index contributed by atoms with van der Waals surface area (Å²) in [7, 11) is 1.49. The molecule has 16 heavy (non-hydrogen) atoms. The minimum Gasteiger partial charge on any atom is -0.329 e. The molecule has 0 aliphatic heterocycles. The zero-order valence-corrected chi connectivity index (χ0v) is 10.3. The molecule has 0 aromatic rings. The number of carbonyl (C=O) groups excluding carboxylic acids is 1. The zero-order chi connectivity index (χ0) is 13.1. The van der Waals surface area contributed by atoms with E-state index < -0.39 is 18.8 Å². The Morgan fingerprint density at radius 1 is 1.31 bits per heavy atom. The Morgan fingerprint density at radius 2 is 1.75 bits per heavy atom. The minimum absolute atomic E-state index is 0.152. The number of urea groups is 1. The quantitative estimate of drug-likeness (QED) is 0.790.